The summed E-state index contributed by atoms with van der Waals surface area (Å²) < 4.78 is 5.35. The van der Waals surface area contributed by atoms with Gasteiger partial charge in [-0.2, -0.15) is 0 Å². The summed E-state index contributed by atoms with van der Waals surface area (Å²) in [6.07, 6.45) is 6.10. The van der Waals surface area contributed by atoms with Gasteiger partial charge in [-0.1, -0.05) is 24.3 Å². The summed E-state index contributed by atoms with van der Waals surface area (Å²) in [6, 6.07) is 17.3. The minimum absolute atomic E-state index is 0.0111. The van der Waals surface area contributed by atoms with E-state index in [4.69, 9.17) is 4.74 Å². The summed E-state index contributed by atoms with van der Waals surface area (Å²) >= 11 is 0. The number of amides is 3. The number of aromatic nitrogens is 1. The van der Waals surface area contributed by atoms with Crippen molar-refractivity contribution in [3.05, 3.63) is 72.1 Å². The van der Waals surface area contributed by atoms with Gasteiger partial charge in [0.2, 0.25) is 5.91 Å². The maximum atomic E-state index is 13.1. The first kappa shape index (κ1) is 26.3. The largest absolute Gasteiger partial charge is 0.444 e. The van der Waals surface area contributed by atoms with E-state index in [1.807, 2.05) is 87.6 Å². The van der Waals surface area contributed by atoms with Gasteiger partial charge in [-0.15, -0.1) is 0 Å². The fraction of sp³-hybridized carbons (Fsp3) is 0.323. The van der Waals surface area contributed by atoms with E-state index in [0.29, 0.717) is 24.1 Å². The van der Waals surface area contributed by atoms with E-state index in [-0.39, 0.29) is 23.8 Å². The lowest BCUT2D eigenvalue weighted by Gasteiger charge is -2.29. The van der Waals surface area contributed by atoms with E-state index < -0.39 is 11.7 Å². The second-order valence-corrected chi connectivity index (χ2v) is 11.1. The van der Waals surface area contributed by atoms with Gasteiger partial charge in [-0.25, -0.2) is 4.79 Å². The monoisotopic (exact) mass is 526 g/mol. The van der Waals surface area contributed by atoms with Crippen LogP contribution in [0.5, 0.6) is 0 Å². The fourth-order valence-corrected chi connectivity index (χ4v) is 5.20. The lowest BCUT2D eigenvalue weighted by atomic mass is 9.85. The number of carbonyl (C=O) groups is 3. The van der Waals surface area contributed by atoms with Crippen LogP contribution in [0.1, 0.15) is 57.7 Å². The Labute approximate surface area is 228 Å². The average Bonchev–Trinajstić information content (AvgIpc) is 3.51. The zero-order valence-electron chi connectivity index (χ0n) is 22.5. The molecule has 5 rings (SSSR count). The molecule has 1 aliphatic carbocycles. The molecule has 4 N–H and O–H groups in total. The minimum atomic E-state index is -0.540. The van der Waals surface area contributed by atoms with Crippen molar-refractivity contribution in [1.29, 1.82) is 0 Å². The number of hydrogen-bond acceptors (Lipinski definition) is 4. The Balaban J connectivity index is 1.27. The molecule has 8 heteroatoms. The molecule has 1 fully saturated rings. The van der Waals surface area contributed by atoms with Crippen LogP contribution in [0.4, 0.5) is 16.2 Å². The van der Waals surface area contributed by atoms with Crippen molar-refractivity contribution in [2.75, 3.05) is 10.6 Å². The fourth-order valence-electron chi connectivity index (χ4n) is 5.20. The highest BCUT2D eigenvalue weighted by Crippen LogP contribution is 2.41. The molecule has 1 saturated carbocycles. The van der Waals surface area contributed by atoms with Gasteiger partial charge >= 0.3 is 6.09 Å². The van der Waals surface area contributed by atoms with Crippen LogP contribution in [0.25, 0.3) is 22.8 Å². The molecule has 2 aromatic carbocycles. The number of ether oxygens (including phenoxy) is 1. The van der Waals surface area contributed by atoms with Gasteiger partial charge in [0.1, 0.15) is 5.60 Å². The second-order valence-electron chi connectivity index (χ2n) is 11.1. The van der Waals surface area contributed by atoms with Crippen LogP contribution in [-0.4, -0.2) is 34.5 Å². The highest BCUT2D eigenvalue weighted by atomic mass is 16.6. The number of anilines is 2. The standard InChI is InChI=1S/C31H34N4O4/c1-31(2,3)39-30(38)34-21-14-12-19(13-15-21)28(36)33-23-8-4-7-20(17-23)24-10-5-11-26-27(24)25(29(37)35-26)18-22-9-6-16-32-22/h4-11,16-19,21,32H,12-15H2,1-3H3,(H,33,36)(H,34,38)(H,35,37). The van der Waals surface area contributed by atoms with Gasteiger partial charge in [0.15, 0.2) is 0 Å². The molecule has 1 aliphatic heterocycles. The number of carbonyl (C=O) groups excluding carboxylic acids is 3. The molecule has 0 radical (unpaired) electrons. The zero-order valence-corrected chi connectivity index (χ0v) is 22.5. The number of aromatic amines is 1. The van der Waals surface area contributed by atoms with Crippen LogP contribution in [-0.2, 0) is 14.3 Å². The molecule has 0 spiro atoms. The first-order valence-corrected chi connectivity index (χ1v) is 13.4. The number of hydrogen-bond donors (Lipinski definition) is 4. The molecule has 0 bridgehead atoms. The molecule has 0 atom stereocenters. The average molecular weight is 527 g/mol. The molecule has 2 aliphatic rings. The molecule has 202 valence electrons. The highest BCUT2D eigenvalue weighted by Gasteiger charge is 2.29. The number of fused-ring (bicyclic) bond motifs is 1. The molecule has 2 heterocycles. The third-order valence-electron chi connectivity index (χ3n) is 7.01. The van der Waals surface area contributed by atoms with Crippen molar-refractivity contribution in [2.24, 2.45) is 5.92 Å². The third-order valence-corrected chi connectivity index (χ3v) is 7.01. The normalized spacial score (nSPS) is 19.8. The molecule has 3 aromatic rings. The zero-order chi connectivity index (χ0) is 27.6. The van der Waals surface area contributed by atoms with Crippen LogP contribution in [0.3, 0.4) is 0 Å². The quantitative estimate of drug-likeness (QED) is 0.297. The second kappa shape index (κ2) is 10.8. The van der Waals surface area contributed by atoms with Crippen molar-refractivity contribution in [3.63, 3.8) is 0 Å². The number of H-pyrrole nitrogens is 1. The summed E-state index contributed by atoms with van der Waals surface area (Å²) in [5.41, 5.74) is 5.03. The van der Waals surface area contributed by atoms with E-state index in [1.165, 1.54) is 0 Å². The number of nitrogens with one attached hydrogen (secondary N) is 4. The smallest absolute Gasteiger partial charge is 0.407 e. The predicted molar refractivity (Wildman–Crippen MR) is 153 cm³/mol. The maximum Gasteiger partial charge on any atom is 0.407 e. The number of alkyl carbamates (subject to hydrolysis) is 1. The van der Waals surface area contributed by atoms with Crippen molar-refractivity contribution in [3.8, 4) is 11.1 Å². The van der Waals surface area contributed by atoms with Crippen LogP contribution >= 0.6 is 0 Å². The molecular weight excluding hydrogens is 492 g/mol. The molecule has 1 aromatic heterocycles. The van der Waals surface area contributed by atoms with Crippen molar-refractivity contribution < 1.29 is 19.1 Å². The molecule has 3 amide bonds. The van der Waals surface area contributed by atoms with Crippen molar-refractivity contribution >= 4 is 40.9 Å². The number of benzene rings is 2. The lowest BCUT2D eigenvalue weighted by molar-refractivity contribution is -0.120. The number of rotatable bonds is 5. The van der Waals surface area contributed by atoms with Crippen LogP contribution < -0.4 is 16.0 Å². The van der Waals surface area contributed by atoms with E-state index in [2.05, 4.69) is 20.9 Å². The Bertz CT molecular complexity index is 1410. The minimum Gasteiger partial charge on any atom is -0.444 e. The van der Waals surface area contributed by atoms with Crippen LogP contribution in [0.2, 0.25) is 0 Å². The Morgan fingerprint density at radius 3 is 2.49 bits per heavy atom. The van der Waals surface area contributed by atoms with E-state index in [9.17, 15) is 14.4 Å². The van der Waals surface area contributed by atoms with Crippen molar-refractivity contribution in [2.45, 2.75) is 58.1 Å². The van der Waals surface area contributed by atoms with Gasteiger partial charge < -0.3 is 25.7 Å². The third kappa shape index (κ3) is 6.22. The van der Waals surface area contributed by atoms with E-state index in [0.717, 1.165) is 40.9 Å². The molecule has 0 unspecified atom stereocenters. The summed E-state index contributed by atoms with van der Waals surface area (Å²) in [5.74, 6) is -0.290. The van der Waals surface area contributed by atoms with Gasteiger partial charge in [-0.05, 0) is 94.0 Å². The molecule has 39 heavy (non-hydrogen) atoms. The van der Waals surface area contributed by atoms with Gasteiger partial charge in [0.05, 0.1) is 5.57 Å². The van der Waals surface area contributed by atoms with Crippen LogP contribution in [0.15, 0.2) is 60.8 Å². The highest BCUT2D eigenvalue weighted by molar-refractivity contribution is 6.36. The van der Waals surface area contributed by atoms with Crippen molar-refractivity contribution in [1.82, 2.24) is 10.3 Å². The Morgan fingerprint density at radius 2 is 1.77 bits per heavy atom. The van der Waals surface area contributed by atoms with Crippen LogP contribution in [0, 0.1) is 5.92 Å². The summed E-state index contributed by atoms with van der Waals surface area (Å²) in [6.45, 7) is 5.51. The molecule has 0 saturated heterocycles. The Kier molecular flexibility index (Phi) is 7.28. The lowest BCUT2D eigenvalue weighted by Crippen LogP contribution is -2.42. The van der Waals surface area contributed by atoms with E-state index >= 15 is 0 Å². The topological polar surface area (TPSA) is 112 Å². The van der Waals surface area contributed by atoms with E-state index in [1.54, 1.807) is 0 Å². The summed E-state index contributed by atoms with van der Waals surface area (Å²) in [5, 5.41) is 8.96. The first-order chi connectivity index (χ1) is 18.7. The van der Waals surface area contributed by atoms with Gasteiger partial charge in [0.25, 0.3) is 5.91 Å². The maximum absolute atomic E-state index is 13.1. The summed E-state index contributed by atoms with van der Waals surface area (Å²) in [4.78, 5) is 41.1. The SMILES string of the molecule is CC(C)(C)OC(=O)NC1CCC(C(=O)Nc2cccc(-c3cccc4c3C(=Cc3ccc[nH]3)C(=O)N4)c2)CC1. The molecule has 8 nitrogen and oxygen atoms in total. The van der Waals surface area contributed by atoms with Gasteiger partial charge in [-0.3, -0.25) is 9.59 Å². The predicted octanol–water partition coefficient (Wildman–Crippen LogP) is 6.20. The van der Waals surface area contributed by atoms with Gasteiger partial charge in [0, 0.05) is 40.8 Å². The Morgan fingerprint density at radius 1 is 1.00 bits per heavy atom. The molecular formula is C31H34N4O4. The summed E-state index contributed by atoms with van der Waals surface area (Å²) in [7, 11) is 0. The Hall–Kier alpha value is -4.33. The first-order valence-electron chi connectivity index (χ1n) is 13.4.